The van der Waals surface area contributed by atoms with Crippen LogP contribution in [0.5, 0.6) is 0 Å². The molecule has 13 heteroatoms. The predicted octanol–water partition coefficient (Wildman–Crippen LogP) is 3.23. The molecule has 1 aliphatic heterocycles. The summed E-state index contributed by atoms with van der Waals surface area (Å²) in [4.78, 5) is 25.8. The molecule has 12 nitrogen and oxygen atoms in total. The van der Waals surface area contributed by atoms with Crippen LogP contribution in [0, 0.1) is 0 Å². The highest BCUT2D eigenvalue weighted by Crippen LogP contribution is 2.21. The summed E-state index contributed by atoms with van der Waals surface area (Å²) in [7, 11) is 0. The van der Waals surface area contributed by atoms with Gasteiger partial charge in [-0.3, -0.25) is 14.5 Å². The van der Waals surface area contributed by atoms with Crippen molar-refractivity contribution in [3.8, 4) is 0 Å². The third kappa shape index (κ3) is 19.5. The molecule has 1 aromatic carbocycles. The molecule has 0 bridgehead atoms. The molecule has 0 N–H and O–H groups in total. The predicted molar refractivity (Wildman–Crippen MR) is 168 cm³/mol. The molecular weight excluding hydrogens is 610 g/mol. The fourth-order valence-electron chi connectivity index (χ4n) is 4.11. The lowest BCUT2D eigenvalue weighted by Crippen LogP contribution is -2.33. The third-order valence-electron chi connectivity index (χ3n) is 6.49. The average molecular weight is 662 g/mol. The minimum atomic E-state index is -0.275. The van der Waals surface area contributed by atoms with Crippen LogP contribution in [0.4, 0.5) is 0 Å². The first kappa shape index (κ1) is 39.5. The van der Waals surface area contributed by atoms with Gasteiger partial charge in [-0.25, -0.2) is 0 Å². The molecule has 1 aromatic rings. The lowest BCUT2D eigenvalue weighted by atomic mass is 10.1. The quantitative estimate of drug-likeness (QED) is 0.0627. The van der Waals surface area contributed by atoms with E-state index in [2.05, 4.69) is 0 Å². The number of benzene rings is 1. The summed E-state index contributed by atoms with van der Waals surface area (Å²) in [5.74, 6) is 0.188. The molecule has 0 radical (unpaired) electrons. The Kier molecular flexibility index (Phi) is 25.0. The molecule has 0 aliphatic carbocycles. The number of ether oxygens (including phenoxy) is 9. The van der Waals surface area contributed by atoms with Crippen molar-refractivity contribution in [1.82, 2.24) is 4.90 Å². The highest BCUT2D eigenvalue weighted by Gasteiger charge is 2.34. The van der Waals surface area contributed by atoms with E-state index in [0.717, 1.165) is 31.7 Å². The summed E-state index contributed by atoms with van der Waals surface area (Å²) in [6.45, 7) is 9.15. The molecular formula is C32H52ClNO11. The summed E-state index contributed by atoms with van der Waals surface area (Å²) >= 11 is 5.65. The Morgan fingerprint density at radius 3 is 1.09 bits per heavy atom. The van der Waals surface area contributed by atoms with E-state index < -0.39 is 0 Å². The van der Waals surface area contributed by atoms with Crippen molar-refractivity contribution in [2.75, 3.05) is 131 Å². The number of carbonyl (C=O) groups excluding carboxylic acids is 2. The Morgan fingerprint density at radius 1 is 0.422 bits per heavy atom. The van der Waals surface area contributed by atoms with E-state index in [-0.39, 0.29) is 25.0 Å². The fourth-order valence-corrected chi connectivity index (χ4v) is 4.30. The minimum Gasteiger partial charge on any atom is -0.379 e. The lowest BCUT2D eigenvalue weighted by Gasteiger charge is -2.13. The SMILES string of the molecule is O=C1c2ccccc2C(=O)N1CCOCCOCCOCCOCCOCCOCCOCCOCCOCCCCCCCl. The molecule has 0 spiro atoms. The molecule has 0 saturated heterocycles. The number of hydrogen-bond acceptors (Lipinski definition) is 11. The van der Waals surface area contributed by atoms with E-state index >= 15 is 0 Å². The summed E-state index contributed by atoms with van der Waals surface area (Å²) < 4.78 is 49.3. The van der Waals surface area contributed by atoms with Crippen molar-refractivity contribution in [2.24, 2.45) is 0 Å². The number of nitrogens with zero attached hydrogens (tertiary/aromatic N) is 1. The number of imide groups is 1. The minimum absolute atomic E-state index is 0.217. The van der Waals surface area contributed by atoms with Gasteiger partial charge < -0.3 is 42.6 Å². The number of unbranched alkanes of at least 4 members (excludes halogenated alkanes) is 3. The molecule has 2 rings (SSSR count). The van der Waals surface area contributed by atoms with Gasteiger partial charge >= 0.3 is 0 Å². The van der Waals surface area contributed by atoms with E-state index in [1.54, 1.807) is 24.3 Å². The van der Waals surface area contributed by atoms with Crippen molar-refractivity contribution in [1.29, 1.82) is 0 Å². The van der Waals surface area contributed by atoms with E-state index in [0.29, 0.717) is 117 Å². The zero-order valence-electron chi connectivity index (χ0n) is 26.6. The van der Waals surface area contributed by atoms with Crippen LogP contribution in [0.1, 0.15) is 46.4 Å². The Hall–Kier alpha value is -1.71. The summed E-state index contributed by atoms with van der Waals surface area (Å²) in [5.41, 5.74) is 0.888. The fraction of sp³-hybridized carbons (Fsp3) is 0.750. The van der Waals surface area contributed by atoms with Gasteiger partial charge in [-0.1, -0.05) is 25.0 Å². The van der Waals surface area contributed by atoms with Gasteiger partial charge in [-0.05, 0) is 25.0 Å². The van der Waals surface area contributed by atoms with E-state index in [9.17, 15) is 9.59 Å². The van der Waals surface area contributed by atoms with Gasteiger partial charge in [0.05, 0.1) is 130 Å². The van der Waals surface area contributed by atoms with Crippen molar-refractivity contribution >= 4 is 23.4 Å². The van der Waals surface area contributed by atoms with Gasteiger partial charge in [0.25, 0.3) is 11.8 Å². The molecule has 1 heterocycles. The molecule has 2 amide bonds. The normalized spacial score (nSPS) is 12.9. The number of hydrogen-bond donors (Lipinski definition) is 0. The van der Waals surface area contributed by atoms with Crippen LogP contribution in [-0.4, -0.2) is 148 Å². The zero-order valence-corrected chi connectivity index (χ0v) is 27.4. The molecule has 45 heavy (non-hydrogen) atoms. The monoisotopic (exact) mass is 661 g/mol. The topological polar surface area (TPSA) is 120 Å². The van der Waals surface area contributed by atoms with Crippen molar-refractivity contribution in [3.63, 3.8) is 0 Å². The Balaban J connectivity index is 1.19. The number of fused-ring (bicyclic) bond motifs is 1. The van der Waals surface area contributed by atoms with Gasteiger partial charge in [0.1, 0.15) is 0 Å². The number of halogens is 1. The highest BCUT2D eigenvalue weighted by atomic mass is 35.5. The van der Waals surface area contributed by atoms with Crippen LogP contribution in [-0.2, 0) is 42.6 Å². The van der Waals surface area contributed by atoms with Crippen LogP contribution in [0.15, 0.2) is 24.3 Å². The Morgan fingerprint density at radius 2 is 0.733 bits per heavy atom. The summed E-state index contributed by atoms with van der Waals surface area (Å²) in [5, 5.41) is 0. The van der Waals surface area contributed by atoms with E-state index in [4.69, 9.17) is 54.2 Å². The maximum Gasteiger partial charge on any atom is 0.261 e. The lowest BCUT2D eigenvalue weighted by molar-refractivity contribution is -0.0252. The maximum atomic E-state index is 12.3. The van der Waals surface area contributed by atoms with Crippen molar-refractivity contribution in [3.05, 3.63) is 35.4 Å². The van der Waals surface area contributed by atoms with Gasteiger partial charge in [0.2, 0.25) is 0 Å². The number of rotatable bonds is 33. The second kappa shape index (κ2) is 28.5. The standard InChI is InChI=1S/C32H52ClNO11/c33-9-5-1-2-6-11-37-13-15-39-17-19-41-21-23-43-25-27-45-28-26-44-24-22-42-20-18-40-16-14-38-12-10-34-31(35)29-7-3-4-8-30(29)32(34)36/h3-4,7-8H,1-2,5-6,9-28H2. The van der Waals surface area contributed by atoms with Crippen LogP contribution in [0.3, 0.4) is 0 Å². The number of carbonyl (C=O) groups is 2. The molecule has 0 saturated carbocycles. The number of amides is 2. The van der Waals surface area contributed by atoms with E-state index in [1.165, 1.54) is 11.3 Å². The largest absolute Gasteiger partial charge is 0.379 e. The number of alkyl halides is 1. The first-order valence-electron chi connectivity index (χ1n) is 16.0. The first-order chi connectivity index (χ1) is 22.3. The van der Waals surface area contributed by atoms with Crippen LogP contribution >= 0.6 is 11.6 Å². The Labute approximate surface area is 272 Å². The smallest absolute Gasteiger partial charge is 0.261 e. The Bertz CT molecular complexity index is 844. The second-order valence-corrected chi connectivity index (χ2v) is 10.3. The molecule has 0 atom stereocenters. The summed E-state index contributed by atoms with van der Waals surface area (Å²) in [6, 6.07) is 6.82. The highest BCUT2D eigenvalue weighted by molar-refractivity contribution is 6.21. The third-order valence-corrected chi connectivity index (χ3v) is 6.75. The molecule has 1 aliphatic rings. The average Bonchev–Trinajstić information content (AvgIpc) is 3.30. The first-order valence-corrected chi connectivity index (χ1v) is 16.5. The van der Waals surface area contributed by atoms with Gasteiger partial charge in [-0.15, -0.1) is 11.6 Å². The van der Waals surface area contributed by atoms with Gasteiger partial charge in [-0.2, -0.15) is 0 Å². The molecule has 0 unspecified atom stereocenters. The van der Waals surface area contributed by atoms with Crippen molar-refractivity contribution < 1.29 is 52.2 Å². The second-order valence-electron chi connectivity index (χ2n) is 9.92. The van der Waals surface area contributed by atoms with Crippen LogP contribution < -0.4 is 0 Å². The summed E-state index contributed by atoms with van der Waals surface area (Å²) in [6.07, 6.45) is 4.48. The van der Waals surface area contributed by atoms with E-state index in [1.807, 2.05) is 0 Å². The van der Waals surface area contributed by atoms with Crippen LogP contribution in [0.2, 0.25) is 0 Å². The zero-order chi connectivity index (χ0) is 32.0. The maximum absolute atomic E-state index is 12.3. The van der Waals surface area contributed by atoms with Crippen molar-refractivity contribution in [2.45, 2.75) is 25.7 Å². The molecule has 258 valence electrons. The van der Waals surface area contributed by atoms with Crippen LogP contribution in [0.25, 0.3) is 0 Å². The van der Waals surface area contributed by atoms with Gasteiger partial charge in [0.15, 0.2) is 0 Å². The van der Waals surface area contributed by atoms with Gasteiger partial charge in [0, 0.05) is 12.5 Å². The molecule has 0 fully saturated rings. The molecule has 0 aromatic heterocycles.